The van der Waals surface area contributed by atoms with Crippen LogP contribution in [-0.4, -0.2) is 52.3 Å². The van der Waals surface area contributed by atoms with Gasteiger partial charge in [0.05, 0.1) is 18.8 Å². The highest BCUT2D eigenvalue weighted by Crippen LogP contribution is 2.51. The van der Waals surface area contributed by atoms with E-state index in [9.17, 15) is 24.1 Å². The fraction of sp³-hybridized carbons (Fsp3) is 0.650. The molecule has 14 heteroatoms. The van der Waals surface area contributed by atoms with Crippen LogP contribution in [0.1, 0.15) is 57.2 Å². The van der Waals surface area contributed by atoms with Crippen molar-refractivity contribution in [2.45, 2.75) is 76.2 Å². The molecule has 3 rings (SSSR count). The molecule has 3 N–H and O–H groups in total. The highest BCUT2D eigenvalue weighted by atomic mass is 79.9. The van der Waals surface area contributed by atoms with Crippen LogP contribution in [0.2, 0.25) is 0 Å². The first kappa shape index (κ1) is 27.0. The van der Waals surface area contributed by atoms with E-state index in [0.717, 1.165) is 23.8 Å². The van der Waals surface area contributed by atoms with E-state index >= 15 is 0 Å². The number of hydrogen-bond donors (Lipinski definition) is 3. The zero-order valence-corrected chi connectivity index (χ0v) is 21.3. The van der Waals surface area contributed by atoms with E-state index in [1.807, 2.05) is 0 Å². The van der Waals surface area contributed by atoms with Crippen LogP contribution >= 0.6 is 23.7 Å². The van der Waals surface area contributed by atoms with Crippen LogP contribution < -0.4 is 16.3 Å². The number of carbonyl (C=O) groups excluding carboxylic acids is 1. The number of methoxy groups -OCH3 is 1. The van der Waals surface area contributed by atoms with E-state index in [1.165, 1.54) is 31.3 Å². The average Bonchev–Trinajstić information content (AvgIpc) is 3.14. The first-order valence-corrected chi connectivity index (χ1v) is 13.4. The number of halogens is 1. The Bertz CT molecular complexity index is 1050. The standard InChI is InChI=1S/C20H29BrN3O9P/c1-12(18(27)30-2)23-34(29,32-14-6-4-3-5-7-14)33-19-15(25)10-16(31-19)24-11-13(8-9-21)17(26)22-20(24)28/h8-9,11-12,14-16,19,25H,3-7,10H2,1-2H3,(H,23,29)(H,22,26,28)/b9-8+/t12-,15-,16?,19?,34?/m0/s1. The molecule has 12 nitrogen and oxygen atoms in total. The Kier molecular flexibility index (Phi) is 9.44. The summed E-state index contributed by atoms with van der Waals surface area (Å²) < 4.78 is 36.5. The number of nitrogens with zero attached hydrogens (tertiary/aromatic N) is 1. The summed E-state index contributed by atoms with van der Waals surface area (Å²) >= 11 is 3.08. The lowest BCUT2D eigenvalue weighted by Gasteiger charge is -2.30. The predicted molar refractivity (Wildman–Crippen MR) is 125 cm³/mol. The van der Waals surface area contributed by atoms with Crippen molar-refractivity contribution >= 4 is 35.7 Å². The normalized spacial score (nSPS) is 26.4. The summed E-state index contributed by atoms with van der Waals surface area (Å²) in [6, 6.07) is -1.02. The van der Waals surface area contributed by atoms with Gasteiger partial charge in [-0.25, -0.2) is 14.4 Å². The fourth-order valence-corrected chi connectivity index (χ4v) is 5.95. The van der Waals surface area contributed by atoms with Crippen LogP contribution in [-0.2, 0) is 27.9 Å². The van der Waals surface area contributed by atoms with E-state index in [0.29, 0.717) is 12.8 Å². The summed E-state index contributed by atoms with van der Waals surface area (Å²) in [6.45, 7) is 1.44. The van der Waals surface area contributed by atoms with E-state index in [-0.39, 0.29) is 18.1 Å². The van der Waals surface area contributed by atoms with E-state index in [4.69, 9.17) is 13.8 Å². The monoisotopic (exact) mass is 565 g/mol. The molecular weight excluding hydrogens is 537 g/mol. The van der Waals surface area contributed by atoms with Gasteiger partial charge in [-0.3, -0.25) is 28.2 Å². The first-order chi connectivity index (χ1) is 16.2. The molecule has 1 aromatic heterocycles. The number of aliphatic hydroxyl groups excluding tert-OH is 1. The van der Waals surface area contributed by atoms with Gasteiger partial charge in [-0.1, -0.05) is 35.2 Å². The number of aliphatic hydroxyl groups is 1. The van der Waals surface area contributed by atoms with Crippen LogP contribution in [0.25, 0.3) is 6.08 Å². The van der Waals surface area contributed by atoms with Crippen molar-refractivity contribution in [1.29, 1.82) is 0 Å². The lowest BCUT2D eigenvalue weighted by Crippen LogP contribution is -2.37. The van der Waals surface area contributed by atoms with Crippen molar-refractivity contribution in [2.75, 3.05) is 7.11 Å². The highest BCUT2D eigenvalue weighted by Gasteiger charge is 2.44. The lowest BCUT2D eigenvalue weighted by molar-refractivity contribution is -0.144. The van der Waals surface area contributed by atoms with Crippen molar-refractivity contribution in [2.24, 2.45) is 0 Å². The molecule has 0 aromatic carbocycles. The van der Waals surface area contributed by atoms with Crippen LogP contribution in [0, 0.1) is 0 Å². The molecular formula is C20H29BrN3O9P. The van der Waals surface area contributed by atoms with Crippen molar-refractivity contribution in [3.63, 3.8) is 0 Å². The quantitative estimate of drug-likeness (QED) is 0.299. The summed E-state index contributed by atoms with van der Waals surface area (Å²) in [5, 5.41) is 13.1. The molecule has 0 amide bonds. The molecule has 0 radical (unpaired) electrons. The molecule has 2 fully saturated rings. The third-order valence-corrected chi connectivity index (χ3v) is 7.61. The van der Waals surface area contributed by atoms with Gasteiger partial charge >= 0.3 is 19.4 Å². The van der Waals surface area contributed by atoms with Crippen molar-refractivity contribution in [1.82, 2.24) is 14.6 Å². The third-order valence-electron chi connectivity index (χ3n) is 5.59. The van der Waals surface area contributed by atoms with Gasteiger partial charge in [-0.15, -0.1) is 0 Å². The zero-order valence-electron chi connectivity index (χ0n) is 18.8. The van der Waals surface area contributed by atoms with Crippen LogP contribution in [0.4, 0.5) is 0 Å². The minimum absolute atomic E-state index is 0.0793. The summed E-state index contributed by atoms with van der Waals surface area (Å²) in [5.74, 6) is -0.672. The second kappa shape index (κ2) is 11.9. The van der Waals surface area contributed by atoms with Crippen molar-refractivity contribution in [3.05, 3.63) is 37.6 Å². The zero-order chi connectivity index (χ0) is 24.9. The Hall–Kier alpha value is -1.60. The molecule has 190 valence electrons. The second-order valence-corrected chi connectivity index (χ2v) is 10.4. The SMILES string of the molecule is COC(=O)[C@H](C)NP(=O)(OC1CCCCC1)OC1OC(n2cc(/C=C/Br)c(=O)[nH]c2=O)C[C@@H]1O. The molecule has 2 aliphatic rings. The van der Waals surface area contributed by atoms with E-state index in [1.54, 1.807) is 0 Å². The molecule has 1 aliphatic carbocycles. The maximum absolute atomic E-state index is 13.6. The molecule has 2 heterocycles. The number of aromatic nitrogens is 2. The lowest BCUT2D eigenvalue weighted by atomic mass is 9.98. The summed E-state index contributed by atoms with van der Waals surface area (Å²) in [7, 11) is -2.96. The number of carbonyl (C=O) groups is 1. The topological polar surface area (TPSA) is 158 Å². The van der Waals surface area contributed by atoms with Crippen LogP contribution in [0.3, 0.4) is 0 Å². The maximum atomic E-state index is 13.6. The largest absolute Gasteiger partial charge is 0.468 e. The molecule has 1 saturated heterocycles. The molecule has 1 aliphatic heterocycles. The summed E-state index contributed by atoms with van der Waals surface area (Å²) in [5.41, 5.74) is -1.15. The Labute approximate surface area is 204 Å². The Morgan fingerprint density at radius 3 is 2.71 bits per heavy atom. The number of H-pyrrole nitrogens is 1. The number of ether oxygens (including phenoxy) is 2. The maximum Gasteiger partial charge on any atom is 0.408 e. The number of aromatic amines is 1. The molecule has 34 heavy (non-hydrogen) atoms. The van der Waals surface area contributed by atoms with Gasteiger partial charge in [-0.05, 0) is 30.8 Å². The average molecular weight is 566 g/mol. The van der Waals surface area contributed by atoms with Gasteiger partial charge < -0.3 is 14.6 Å². The predicted octanol–water partition coefficient (Wildman–Crippen LogP) is 2.13. The first-order valence-electron chi connectivity index (χ1n) is 10.9. The van der Waals surface area contributed by atoms with Gasteiger partial charge in [0.2, 0.25) is 0 Å². The van der Waals surface area contributed by atoms with Gasteiger partial charge in [0.1, 0.15) is 18.4 Å². The van der Waals surface area contributed by atoms with Gasteiger partial charge in [0.15, 0.2) is 6.29 Å². The van der Waals surface area contributed by atoms with Crippen molar-refractivity contribution < 1.29 is 33.0 Å². The van der Waals surface area contributed by atoms with Crippen LogP contribution in [0.5, 0.6) is 0 Å². The minimum atomic E-state index is -4.15. The Morgan fingerprint density at radius 2 is 2.06 bits per heavy atom. The van der Waals surface area contributed by atoms with Gasteiger partial charge in [0.25, 0.3) is 5.56 Å². The minimum Gasteiger partial charge on any atom is -0.468 e. The van der Waals surface area contributed by atoms with E-state index in [2.05, 4.69) is 30.7 Å². The Balaban J connectivity index is 1.80. The third kappa shape index (κ3) is 6.75. The smallest absolute Gasteiger partial charge is 0.408 e. The Morgan fingerprint density at radius 1 is 1.35 bits per heavy atom. The molecule has 1 aromatic rings. The van der Waals surface area contributed by atoms with Crippen molar-refractivity contribution in [3.8, 4) is 0 Å². The number of rotatable bonds is 9. The number of nitrogens with one attached hydrogen (secondary N) is 2. The fourth-order valence-electron chi connectivity index (χ4n) is 3.85. The molecule has 1 saturated carbocycles. The van der Waals surface area contributed by atoms with Gasteiger partial charge in [0, 0.05) is 12.6 Å². The van der Waals surface area contributed by atoms with Crippen LogP contribution in [0.15, 0.2) is 20.8 Å². The molecule has 3 unspecified atom stereocenters. The second-order valence-electron chi connectivity index (χ2n) is 8.15. The van der Waals surface area contributed by atoms with E-state index < -0.39 is 49.6 Å². The number of esters is 1. The molecule has 5 atom stereocenters. The van der Waals surface area contributed by atoms with Gasteiger partial charge in [-0.2, -0.15) is 0 Å². The molecule has 0 bridgehead atoms. The highest BCUT2D eigenvalue weighted by molar-refractivity contribution is 9.11. The molecule has 0 spiro atoms. The number of hydrogen-bond acceptors (Lipinski definition) is 9. The summed E-state index contributed by atoms with van der Waals surface area (Å²) in [6.07, 6.45) is 2.80. The summed E-state index contributed by atoms with van der Waals surface area (Å²) in [4.78, 5) is 39.8.